The third-order valence-electron chi connectivity index (χ3n) is 3.09. The summed E-state index contributed by atoms with van der Waals surface area (Å²) < 4.78 is 40.9. The topological polar surface area (TPSA) is 23.8 Å². The smallest absolute Gasteiger partial charge is 0.186 e. The molecule has 0 radical (unpaired) electrons. The van der Waals surface area contributed by atoms with Crippen LogP contribution in [0, 0.1) is 16.1 Å². The lowest BCUT2D eigenvalue weighted by atomic mass is 9.95. The average Bonchev–Trinajstić information content (AvgIpc) is 2.63. The molecule has 1 heterocycles. The van der Waals surface area contributed by atoms with Crippen LogP contribution in [0.25, 0.3) is 6.08 Å². The van der Waals surface area contributed by atoms with Crippen molar-refractivity contribution in [3.63, 3.8) is 0 Å². The lowest BCUT2D eigenvalue weighted by Gasteiger charge is -2.39. The van der Waals surface area contributed by atoms with Crippen LogP contribution < -0.4 is 0 Å². The van der Waals surface area contributed by atoms with Crippen LogP contribution in [0.15, 0.2) is 34.1 Å². The maximum absolute atomic E-state index is 13.6. The number of hydrogen-bond donors (Lipinski definition) is 0. The van der Waals surface area contributed by atoms with Crippen molar-refractivity contribution in [1.82, 2.24) is 0 Å². The Kier molecular flexibility index (Phi) is 2.98. The highest BCUT2D eigenvalue weighted by molar-refractivity contribution is 8.41. The molecule has 5 heteroatoms. The zero-order chi connectivity index (χ0) is 14.5. The highest BCUT2D eigenvalue weighted by Gasteiger charge is 2.59. The van der Waals surface area contributed by atoms with Crippen LogP contribution in [-0.2, 0) is 0 Å². The number of halogens is 3. The van der Waals surface area contributed by atoms with E-state index in [0.29, 0.717) is 5.56 Å². The second-order valence-corrected chi connectivity index (χ2v) is 8.20. The fourth-order valence-electron chi connectivity index (χ4n) is 2.30. The summed E-state index contributed by atoms with van der Waals surface area (Å²) in [6.45, 7) is 5.15. The molecule has 102 valence electrons. The molecule has 1 unspecified atom stereocenters. The number of alkyl halides is 3. The second kappa shape index (κ2) is 4.04. The normalized spacial score (nSPS) is 26.1. The Bertz CT molecular complexity index is 590. The molecule has 0 amide bonds. The Morgan fingerprint density at radius 2 is 1.68 bits per heavy atom. The van der Waals surface area contributed by atoms with E-state index >= 15 is 0 Å². The first-order chi connectivity index (χ1) is 8.64. The first kappa shape index (κ1) is 14.0. The standard InChI is InChI=1S/C14H14F3NS/c1-13(2,3)12-8-10-6-4-5-7-11(10)19(12,9-18)14(15,16)17/h4-8H,1-3H3. The van der Waals surface area contributed by atoms with Gasteiger partial charge in [0.1, 0.15) is 5.40 Å². The van der Waals surface area contributed by atoms with Crippen LogP contribution in [-0.4, -0.2) is 5.51 Å². The van der Waals surface area contributed by atoms with E-state index in [1.807, 2.05) is 0 Å². The van der Waals surface area contributed by atoms with E-state index in [-0.39, 0.29) is 9.80 Å². The molecule has 0 saturated carbocycles. The van der Waals surface area contributed by atoms with Gasteiger partial charge < -0.3 is 0 Å². The lowest BCUT2D eigenvalue weighted by molar-refractivity contribution is -0.0369. The van der Waals surface area contributed by atoms with Gasteiger partial charge in [-0.25, -0.2) is 0 Å². The van der Waals surface area contributed by atoms with Crippen molar-refractivity contribution in [1.29, 1.82) is 5.26 Å². The largest absolute Gasteiger partial charge is 0.445 e. The first-order valence-corrected chi connectivity index (χ1v) is 7.39. The zero-order valence-electron chi connectivity index (χ0n) is 10.9. The predicted molar refractivity (Wildman–Crippen MR) is 71.4 cm³/mol. The third-order valence-corrected chi connectivity index (χ3v) is 6.48. The number of benzene rings is 1. The van der Waals surface area contributed by atoms with E-state index in [1.165, 1.54) is 6.07 Å². The number of hydrogen-bond acceptors (Lipinski definition) is 1. The van der Waals surface area contributed by atoms with Crippen molar-refractivity contribution >= 4 is 16.1 Å². The summed E-state index contributed by atoms with van der Waals surface area (Å²) in [6, 6.07) is 6.32. The number of rotatable bonds is 0. The summed E-state index contributed by atoms with van der Waals surface area (Å²) in [4.78, 5) is 0.311. The van der Waals surface area contributed by atoms with E-state index in [4.69, 9.17) is 0 Å². The summed E-state index contributed by atoms with van der Waals surface area (Å²) in [5, 5.41) is 11.0. The fourth-order valence-corrected chi connectivity index (χ4v) is 5.32. The molecular formula is C14H14F3NS. The van der Waals surface area contributed by atoms with E-state index in [9.17, 15) is 18.4 Å². The van der Waals surface area contributed by atoms with Crippen molar-refractivity contribution in [3.8, 4) is 5.40 Å². The van der Waals surface area contributed by atoms with E-state index in [1.54, 1.807) is 50.4 Å². The maximum Gasteiger partial charge on any atom is 0.445 e. The summed E-state index contributed by atoms with van der Waals surface area (Å²) in [6.07, 6.45) is 1.54. The molecular weight excluding hydrogens is 271 g/mol. The molecule has 0 spiro atoms. The van der Waals surface area contributed by atoms with Crippen molar-refractivity contribution in [2.45, 2.75) is 31.2 Å². The highest BCUT2D eigenvalue weighted by Crippen LogP contribution is 2.78. The molecule has 1 aromatic rings. The van der Waals surface area contributed by atoms with E-state index in [2.05, 4.69) is 0 Å². The number of fused-ring (bicyclic) bond motifs is 1. The summed E-state index contributed by atoms with van der Waals surface area (Å²) in [5.74, 6) is 0. The van der Waals surface area contributed by atoms with Gasteiger partial charge in [0.15, 0.2) is 0 Å². The monoisotopic (exact) mass is 285 g/mol. The minimum atomic E-state index is -4.55. The highest BCUT2D eigenvalue weighted by atomic mass is 32.3. The lowest BCUT2D eigenvalue weighted by Crippen LogP contribution is -2.25. The van der Waals surface area contributed by atoms with Crippen LogP contribution in [0.3, 0.4) is 0 Å². The van der Waals surface area contributed by atoms with Gasteiger partial charge in [0.2, 0.25) is 0 Å². The molecule has 1 aliphatic heterocycles. The molecule has 0 aromatic heterocycles. The van der Waals surface area contributed by atoms with Gasteiger partial charge in [0, 0.05) is 4.90 Å². The van der Waals surface area contributed by atoms with Gasteiger partial charge in [-0.2, -0.15) is 18.4 Å². The van der Waals surface area contributed by atoms with Gasteiger partial charge in [-0.1, -0.05) is 39.0 Å². The Hall–Kier alpha value is -1.41. The Balaban J connectivity index is 2.82. The number of thiocyanates is 1. The van der Waals surface area contributed by atoms with E-state index in [0.717, 1.165) is 0 Å². The van der Waals surface area contributed by atoms with Crippen molar-refractivity contribution in [2.75, 3.05) is 0 Å². The Morgan fingerprint density at radius 1 is 1.11 bits per heavy atom. The molecule has 0 saturated heterocycles. The number of allylic oxidation sites excluding steroid dienone is 1. The second-order valence-electron chi connectivity index (χ2n) is 5.45. The van der Waals surface area contributed by atoms with Crippen LogP contribution >= 0.6 is 10.0 Å². The van der Waals surface area contributed by atoms with Gasteiger partial charge in [0.05, 0.1) is 0 Å². The zero-order valence-corrected chi connectivity index (χ0v) is 11.7. The van der Waals surface area contributed by atoms with Crippen molar-refractivity contribution in [2.24, 2.45) is 5.41 Å². The van der Waals surface area contributed by atoms with Crippen LogP contribution in [0.1, 0.15) is 26.3 Å². The van der Waals surface area contributed by atoms with Gasteiger partial charge in [0.25, 0.3) is 0 Å². The molecule has 1 atom stereocenters. The predicted octanol–water partition coefficient (Wildman–Crippen LogP) is 5.25. The van der Waals surface area contributed by atoms with Gasteiger partial charge in [-0.3, -0.25) is 0 Å². The molecule has 0 aliphatic carbocycles. The molecule has 0 bridgehead atoms. The number of nitriles is 1. The summed E-state index contributed by atoms with van der Waals surface area (Å²) in [7, 11) is -3.61. The third kappa shape index (κ3) is 1.86. The maximum atomic E-state index is 13.6. The minimum Gasteiger partial charge on any atom is -0.186 e. The van der Waals surface area contributed by atoms with Crippen molar-refractivity contribution in [3.05, 3.63) is 34.7 Å². The van der Waals surface area contributed by atoms with Crippen LogP contribution in [0.4, 0.5) is 13.2 Å². The summed E-state index contributed by atoms with van der Waals surface area (Å²) in [5.41, 5.74) is -4.73. The summed E-state index contributed by atoms with van der Waals surface area (Å²) >= 11 is 0. The van der Waals surface area contributed by atoms with Crippen LogP contribution in [0.5, 0.6) is 0 Å². The van der Waals surface area contributed by atoms with Crippen LogP contribution in [0.2, 0.25) is 0 Å². The number of nitrogens with zero attached hydrogens (tertiary/aromatic N) is 1. The minimum absolute atomic E-state index is 0.120. The first-order valence-electron chi connectivity index (χ1n) is 5.76. The Labute approximate surface area is 112 Å². The SMILES string of the molecule is CC(C)(C)C1=Cc2ccccc2S1(C#N)C(F)(F)F. The quantitative estimate of drug-likeness (QED) is 0.597. The molecule has 0 N–H and O–H groups in total. The molecule has 1 nitrogen and oxygen atoms in total. The molecule has 1 aromatic carbocycles. The molecule has 19 heavy (non-hydrogen) atoms. The van der Waals surface area contributed by atoms with Gasteiger partial charge in [-0.05, 0) is 38.1 Å². The molecule has 1 aliphatic rings. The van der Waals surface area contributed by atoms with Gasteiger partial charge >= 0.3 is 5.51 Å². The molecule has 0 fully saturated rings. The Morgan fingerprint density at radius 3 is 2.16 bits per heavy atom. The average molecular weight is 285 g/mol. The van der Waals surface area contributed by atoms with E-state index < -0.39 is 21.0 Å². The van der Waals surface area contributed by atoms with Gasteiger partial charge in [-0.15, -0.1) is 0 Å². The van der Waals surface area contributed by atoms with Crippen molar-refractivity contribution < 1.29 is 13.2 Å². The molecule has 2 rings (SSSR count). The fraction of sp³-hybridized carbons (Fsp3) is 0.357.